The van der Waals surface area contributed by atoms with Crippen LogP contribution in [0.2, 0.25) is 18.1 Å². The van der Waals surface area contributed by atoms with Crippen LogP contribution in [0, 0.1) is 0 Å². The van der Waals surface area contributed by atoms with Crippen LogP contribution in [0.5, 0.6) is 5.75 Å². The molecule has 4 rings (SSSR count). The highest BCUT2D eigenvalue weighted by Gasteiger charge is 2.39. The molecule has 4 aromatic rings. The summed E-state index contributed by atoms with van der Waals surface area (Å²) in [5, 5.41) is 3.28. The highest BCUT2D eigenvalue weighted by molar-refractivity contribution is 6.74. The lowest BCUT2D eigenvalue weighted by atomic mass is 10.1. The topological polar surface area (TPSA) is 86.5 Å². The second-order valence-electron chi connectivity index (χ2n) is 12.8. The van der Waals surface area contributed by atoms with Gasteiger partial charge in [-0.15, -0.1) is 0 Å². The van der Waals surface area contributed by atoms with E-state index in [0.717, 1.165) is 16.9 Å². The molecule has 0 bridgehead atoms. The van der Waals surface area contributed by atoms with Crippen molar-refractivity contribution in [1.29, 1.82) is 0 Å². The summed E-state index contributed by atoms with van der Waals surface area (Å²) >= 11 is 0. The number of rotatable bonds is 9. The van der Waals surface area contributed by atoms with Crippen molar-refractivity contribution in [2.75, 3.05) is 5.32 Å². The summed E-state index contributed by atoms with van der Waals surface area (Å²) in [7, 11) is -2.02. The Hall–Kier alpha value is -4.17. The Morgan fingerprint density at radius 3 is 2.36 bits per heavy atom. The maximum Gasteiger partial charge on any atom is 0.355 e. The van der Waals surface area contributed by atoms with Crippen LogP contribution < -0.4 is 9.74 Å². The molecule has 220 valence electrons. The van der Waals surface area contributed by atoms with Crippen molar-refractivity contribution in [3.8, 4) is 17.0 Å². The molecular weight excluding hydrogens is 542 g/mol. The summed E-state index contributed by atoms with van der Waals surface area (Å²) in [6.45, 7) is 16.6. The lowest BCUT2D eigenvalue weighted by molar-refractivity contribution is -0.149. The van der Waals surface area contributed by atoms with E-state index in [2.05, 4.69) is 39.2 Å². The maximum atomic E-state index is 13.2. The number of carbonyl (C=O) groups is 1. The lowest BCUT2D eigenvalue weighted by Crippen LogP contribution is -2.43. The van der Waals surface area contributed by atoms with Crippen LogP contribution in [0.1, 0.15) is 58.6 Å². The predicted molar refractivity (Wildman–Crippen MR) is 171 cm³/mol. The molecule has 0 aliphatic rings. The molecule has 42 heavy (non-hydrogen) atoms. The number of benzene rings is 2. The number of nitrogens with one attached hydrogen (secondary N) is 1. The standard InChI is InChI=1S/C34H41N3O4Si/c1-33(2,3)40-32(38)29(22-26-18-13-19-39-26)37-31-28(20-24-14-10-9-11-15-24)36-30(23-35-31)25-16-12-17-27(21-25)41-42(7,8)34(4,5)6/h9-19,21-23H,20H2,1-8H3,(H,35,37). The van der Waals surface area contributed by atoms with E-state index in [4.69, 9.17) is 23.5 Å². The van der Waals surface area contributed by atoms with E-state index in [0.29, 0.717) is 29.4 Å². The summed E-state index contributed by atoms with van der Waals surface area (Å²) in [5.74, 6) is 1.27. The van der Waals surface area contributed by atoms with E-state index < -0.39 is 19.9 Å². The Morgan fingerprint density at radius 2 is 1.71 bits per heavy atom. The molecule has 0 fully saturated rings. The molecule has 0 aliphatic carbocycles. The molecule has 0 radical (unpaired) electrons. The maximum absolute atomic E-state index is 13.2. The van der Waals surface area contributed by atoms with Crippen LogP contribution in [-0.4, -0.2) is 29.9 Å². The fraction of sp³-hybridized carbons (Fsp3) is 0.324. The zero-order valence-corrected chi connectivity index (χ0v) is 26.8. The first-order chi connectivity index (χ1) is 19.7. The molecule has 2 aromatic heterocycles. The molecule has 0 unspecified atom stereocenters. The second kappa shape index (κ2) is 12.4. The zero-order chi connectivity index (χ0) is 30.5. The van der Waals surface area contributed by atoms with Gasteiger partial charge >= 0.3 is 5.97 Å². The third kappa shape index (κ3) is 8.19. The first-order valence-corrected chi connectivity index (χ1v) is 17.1. The van der Waals surface area contributed by atoms with E-state index in [1.165, 1.54) is 0 Å². The highest BCUT2D eigenvalue weighted by Crippen LogP contribution is 2.38. The van der Waals surface area contributed by atoms with Crippen molar-refractivity contribution in [2.24, 2.45) is 0 Å². The molecule has 0 spiro atoms. The molecule has 0 amide bonds. The summed E-state index contributed by atoms with van der Waals surface area (Å²) in [4.78, 5) is 23.0. The Labute approximate surface area is 250 Å². The average molecular weight is 584 g/mol. The molecule has 2 heterocycles. The molecular formula is C34H41N3O4Si. The minimum absolute atomic E-state index is 0.0774. The van der Waals surface area contributed by atoms with Gasteiger partial charge in [-0.2, -0.15) is 0 Å². The number of anilines is 1. The van der Waals surface area contributed by atoms with Crippen LogP contribution in [0.3, 0.4) is 0 Å². The van der Waals surface area contributed by atoms with Crippen LogP contribution in [0.4, 0.5) is 5.82 Å². The van der Waals surface area contributed by atoms with Gasteiger partial charge in [-0.3, -0.25) is 0 Å². The molecule has 0 saturated heterocycles. The average Bonchev–Trinajstić information content (AvgIpc) is 3.41. The van der Waals surface area contributed by atoms with Gasteiger partial charge in [-0.1, -0.05) is 63.2 Å². The van der Waals surface area contributed by atoms with Crippen molar-refractivity contribution in [2.45, 2.75) is 71.7 Å². The fourth-order valence-electron chi connectivity index (χ4n) is 3.87. The molecule has 0 saturated carbocycles. The highest BCUT2D eigenvalue weighted by atomic mass is 28.4. The van der Waals surface area contributed by atoms with Crippen molar-refractivity contribution in [3.63, 3.8) is 0 Å². The quantitative estimate of drug-likeness (QED) is 0.120. The normalized spacial score (nSPS) is 12.6. The number of nitrogens with zero attached hydrogens (tertiary/aromatic N) is 2. The van der Waals surface area contributed by atoms with E-state index >= 15 is 0 Å². The second-order valence-corrected chi connectivity index (χ2v) is 17.5. The molecule has 0 atom stereocenters. The molecule has 1 N–H and O–H groups in total. The van der Waals surface area contributed by atoms with Crippen LogP contribution in [-0.2, 0) is 16.0 Å². The van der Waals surface area contributed by atoms with Crippen molar-refractivity contribution >= 4 is 26.2 Å². The number of ether oxygens (including phenoxy) is 1. The van der Waals surface area contributed by atoms with Gasteiger partial charge in [0.05, 0.1) is 23.8 Å². The number of hydrogen-bond acceptors (Lipinski definition) is 7. The number of esters is 1. The van der Waals surface area contributed by atoms with Gasteiger partial charge in [0.1, 0.15) is 22.8 Å². The van der Waals surface area contributed by atoms with Gasteiger partial charge in [0.25, 0.3) is 0 Å². The first kappa shape index (κ1) is 30.8. The summed E-state index contributed by atoms with van der Waals surface area (Å²) in [6.07, 6.45) is 5.38. The Bertz CT molecular complexity index is 1530. The Morgan fingerprint density at radius 1 is 0.976 bits per heavy atom. The Kier molecular flexibility index (Phi) is 9.06. The van der Waals surface area contributed by atoms with E-state index in [1.807, 2.05) is 75.4 Å². The van der Waals surface area contributed by atoms with Crippen LogP contribution in [0.15, 0.2) is 89.3 Å². The van der Waals surface area contributed by atoms with E-state index in [1.54, 1.807) is 30.7 Å². The minimum atomic E-state index is -2.02. The fourth-order valence-corrected chi connectivity index (χ4v) is 4.89. The third-order valence-corrected chi connectivity index (χ3v) is 11.4. The smallest absolute Gasteiger partial charge is 0.355 e. The van der Waals surface area contributed by atoms with Gasteiger partial charge < -0.3 is 18.9 Å². The first-order valence-electron chi connectivity index (χ1n) is 14.1. The van der Waals surface area contributed by atoms with E-state index in [-0.39, 0.29) is 10.7 Å². The number of hydrogen-bond donors (Lipinski definition) is 1. The Balaban J connectivity index is 1.73. The predicted octanol–water partition coefficient (Wildman–Crippen LogP) is 8.51. The minimum Gasteiger partial charge on any atom is -0.543 e. The number of furan rings is 1. The monoisotopic (exact) mass is 583 g/mol. The van der Waals surface area contributed by atoms with Gasteiger partial charge in [0.15, 0.2) is 5.82 Å². The number of carbonyl (C=O) groups excluding carboxylic acids is 1. The SMILES string of the molecule is CC(C)(C)OC(=O)C(=Cc1ccco1)Nc1ncc(-c2cccc(O[Si](C)(C)C(C)(C)C)c2)nc1Cc1ccccc1. The van der Waals surface area contributed by atoms with Gasteiger partial charge in [0.2, 0.25) is 8.32 Å². The molecule has 8 heteroatoms. The lowest BCUT2D eigenvalue weighted by Gasteiger charge is -2.36. The molecule has 2 aromatic carbocycles. The van der Waals surface area contributed by atoms with Gasteiger partial charge in [-0.25, -0.2) is 14.8 Å². The van der Waals surface area contributed by atoms with Crippen molar-refractivity contribution in [1.82, 2.24) is 9.97 Å². The zero-order valence-electron chi connectivity index (χ0n) is 25.8. The van der Waals surface area contributed by atoms with Gasteiger partial charge in [-0.05, 0) is 68.7 Å². The van der Waals surface area contributed by atoms with Crippen molar-refractivity contribution in [3.05, 3.63) is 102 Å². The number of aromatic nitrogens is 2. The summed E-state index contributed by atoms with van der Waals surface area (Å²) in [6, 6.07) is 21.6. The van der Waals surface area contributed by atoms with Gasteiger partial charge in [0, 0.05) is 18.1 Å². The van der Waals surface area contributed by atoms with Crippen LogP contribution >= 0.6 is 0 Å². The molecule has 0 aliphatic heterocycles. The summed E-state index contributed by atoms with van der Waals surface area (Å²) < 4.78 is 17.7. The molecule has 7 nitrogen and oxygen atoms in total. The van der Waals surface area contributed by atoms with Crippen LogP contribution in [0.25, 0.3) is 17.3 Å². The van der Waals surface area contributed by atoms with E-state index in [9.17, 15) is 4.79 Å². The van der Waals surface area contributed by atoms with Crippen molar-refractivity contribution < 1.29 is 18.4 Å². The summed E-state index contributed by atoms with van der Waals surface area (Å²) in [5.41, 5.74) is 2.88. The largest absolute Gasteiger partial charge is 0.543 e. The third-order valence-electron chi connectivity index (χ3n) is 7.07.